The van der Waals surface area contributed by atoms with Gasteiger partial charge in [0, 0.05) is 12.0 Å². The van der Waals surface area contributed by atoms with Gasteiger partial charge in [0.05, 0.1) is 0 Å². The zero-order chi connectivity index (χ0) is 18.4. The third kappa shape index (κ3) is 6.45. The van der Waals surface area contributed by atoms with E-state index in [1.165, 1.54) is 0 Å². The monoisotopic (exact) mass is 376 g/mol. The van der Waals surface area contributed by atoms with E-state index in [1.54, 1.807) is 20.8 Å². The van der Waals surface area contributed by atoms with Gasteiger partial charge in [0.15, 0.2) is 0 Å². The third-order valence-electron chi connectivity index (χ3n) is 3.64. The Labute approximate surface area is 148 Å². The Balaban J connectivity index is 2.70. The minimum Gasteiger partial charge on any atom is -0.300 e. The van der Waals surface area contributed by atoms with Crippen LogP contribution in [0.3, 0.4) is 0 Å². The van der Waals surface area contributed by atoms with Crippen LogP contribution in [-0.4, -0.2) is 31.1 Å². The molecule has 24 heavy (non-hydrogen) atoms. The highest BCUT2D eigenvalue weighted by molar-refractivity contribution is 7.91. The van der Waals surface area contributed by atoms with Crippen molar-refractivity contribution in [2.24, 2.45) is 11.3 Å². The molecule has 0 fully saturated rings. The topological polar surface area (TPSA) is 101 Å². The second-order valence-corrected chi connectivity index (χ2v) is 9.76. The predicted octanol–water partition coefficient (Wildman–Crippen LogP) is 3.02. The second kappa shape index (κ2) is 8.87. The van der Waals surface area contributed by atoms with Crippen LogP contribution in [0.25, 0.3) is 0 Å². The zero-order valence-corrected chi connectivity index (χ0v) is 16.7. The molecule has 1 aromatic rings. The highest BCUT2D eigenvalue weighted by Crippen LogP contribution is 2.23. The Morgan fingerprint density at radius 3 is 2.46 bits per heavy atom. The first-order chi connectivity index (χ1) is 11.1. The molecule has 138 valence electrons. The van der Waals surface area contributed by atoms with Crippen molar-refractivity contribution in [2.75, 3.05) is 11.9 Å². The Hall–Kier alpha value is -1.06. The van der Waals surface area contributed by atoms with Crippen LogP contribution in [0, 0.1) is 11.3 Å². The first-order valence-electron chi connectivity index (χ1n) is 8.24. The Kier molecular flexibility index (Phi) is 7.75. The lowest BCUT2D eigenvalue weighted by atomic mass is 9.96. The molecule has 1 aromatic heterocycles. The highest BCUT2D eigenvalue weighted by atomic mass is 32.2. The number of unbranched alkanes of at least 4 members (excludes halogenated alkanes) is 1. The molecule has 0 aliphatic carbocycles. The molecule has 1 rings (SSSR count). The lowest BCUT2D eigenvalue weighted by molar-refractivity contribution is -0.123. The highest BCUT2D eigenvalue weighted by Gasteiger charge is 2.25. The smallest absolute Gasteiger partial charge is 0.269 e. The summed E-state index contributed by atoms with van der Waals surface area (Å²) >= 11 is 0.857. The van der Waals surface area contributed by atoms with Gasteiger partial charge in [-0.1, -0.05) is 65.2 Å². The summed E-state index contributed by atoms with van der Waals surface area (Å²) in [5.74, 6) is 0.0777. The van der Waals surface area contributed by atoms with Crippen molar-refractivity contribution in [2.45, 2.75) is 64.6 Å². The largest absolute Gasteiger partial charge is 0.300 e. The van der Waals surface area contributed by atoms with Crippen molar-refractivity contribution in [3.8, 4) is 0 Å². The maximum Gasteiger partial charge on any atom is 0.269 e. The van der Waals surface area contributed by atoms with Crippen LogP contribution in [0.2, 0.25) is 0 Å². The number of hydrogen-bond donors (Lipinski definition) is 2. The van der Waals surface area contributed by atoms with Gasteiger partial charge in [-0.15, -0.1) is 10.2 Å². The van der Waals surface area contributed by atoms with Gasteiger partial charge < -0.3 is 5.32 Å². The Morgan fingerprint density at radius 1 is 1.25 bits per heavy atom. The van der Waals surface area contributed by atoms with E-state index in [0.29, 0.717) is 12.5 Å². The third-order valence-corrected chi connectivity index (χ3v) is 6.27. The molecule has 1 amide bonds. The van der Waals surface area contributed by atoms with Crippen LogP contribution in [0.5, 0.6) is 0 Å². The molecule has 0 spiro atoms. The van der Waals surface area contributed by atoms with Gasteiger partial charge in [-0.25, -0.2) is 13.1 Å². The lowest BCUT2D eigenvalue weighted by Gasteiger charge is -2.15. The van der Waals surface area contributed by atoms with Gasteiger partial charge in [-0.2, -0.15) is 0 Å². The number of aromatic nitrogens is 2. The normalized spacial score (nSPS) is 13.7. The first-order valence-corrected chi connectivity index (χ1v) is 10.5. The van der Waals surface area contributed by atoms with E-state index in [-0.39, 0.29) is 15.4 Å². The van der Waals surface area contributed by atoms with Crippen LogP contribution in [-0.2, 0) is 14.8 Å². The van der Waals surface area contributed by atoms with Gasteiger partial charge in [-0.3, -0.25) is 4.79 Å². The Bertz CT molecular complexity index is 635. The molecular formula is C15H28N4O3S2. The number of sulfonamides is 1. The number of hydrogen-bond acceptors (Lipinski definition) is 6. The van der Waals surface area contributed by atoms with E-state index >= 15 is 0 Å². The number of amides is 1. The fourth-order valence-corrected chi connectivity index (χ4v) is 3.94. The minimum absolute atomic E-state index is 0.128. The van der Waals surface area contributed by atoms with Gasteiger partial charge in [0.2, 0.25) is 15.4 Å². The number of nitrogens with one attached hydrogen (secondary N) is 2. The summed E-state index contributed by atoms with van der Waals surface area (Å²) in [5, 5.41) is 10.2. The number of carbonyl (C=O) groups excluding carboxylic acids is 1. The Morgan fingerprint density at radius 2 is 1.92 bits per heavy atom. The molecule has 0 saturated carbocycles. The van der Waals surface area contributed by atoms with Gasteiger partial charge in [-0.05, 0) is 12.3 Å². The number of anilines is 1. The minimum atomic E-state index is -3.70. The molecule has 0 unspecified atom stereocenters. The molecule has 1 atom stereocenters. The summed E-state index contributed by atoms with van der Waals surface area (Å²) in [5.41, 5.74) is -0.587. The number of nitrogens with zero attached hydrogens (tertiary/aromatic N) is 2. The summed E-state index contributed by atoms with van der Waals surface area (Å²) in [6.45, 7) is 9.87. The fraction of sp³-hybridized carbons (Fsp3) is 0.800. The van der Waals surface area contributed by atoms with Crippen LogP contribution in [0.4, 0.5) is 5.13 Å². The maximum atomic E-state index is 12.3. The van der Waals surface area contributed by atoms with E-state index < -0.39 is 15.4 Å². The number of carbonyl (C=O) groups is 1. The van der Waals surface area contributed by atoms with E-state index in [4.69, 9.17) is 0 Å². The average Bonchev–Trinajstić information content (AvgIpc) is 2.96. The van der Waals surface area contributed by atoms with Gasteiger partial charge in [0.1, 0.15) is 0 Å². The average molecular weight is 377 g/mol. The lowest BCUT2D eigenvalue weighted by Crippen LogP contribution is -2.29. The predicted molar refractivity (Wildman–Crippen MR) is 96.5 cm³/mol. The standard InChI is InChI=1S/C15H28N4O3S2/c1-6-8-9-11(7-2)10-16-24(21,22)14-19-18-13(23-14)17-12(20)15(3,4)5/h11,16H,6-10H2,1-5H3,(H,17,18,20)/t11-/m1/s1. The van der Waals surface area contributed by atoms with Crippen LogP contribution < -0.4 is 10.0 Å². The summed E-state index contributed by atoms with van der Waals surface area (Å²) in [6, 6.07) is 0. The zero-order valence-electron chi connectivity index (χ0n) is 15.0. The molecule has 0 saturated heterocycles. The van der Waals surface area contributed by atoms with Crippen LogP contribution in [0.15, 0.2) is 4.34 Å². The van der Waals surface area contributed by atoms with Gasteiger partial charge >= 0.3 is 0 Å². The summed E-state index contributed by atoms with van der Waals surface area (Å²) in [4.78, 5) is 11.9. The quantitative estimate of drug-likeness (QED) is 0.645. The van der Waals surface area contributed by atoms with Crippen molar-refractivity contribution >= 4 is 32.4 Å². The number of rotatable bonds is 9. The van der Waals surface area contributed by atoms with Gasteiger partial charge in [0.25, 0.3) is 10.0 Å². The van der Waals surface area contributed by atoms with Crippen molar-refractivity contribution < 1.29 is 13.2 Å². The van der Waals surface area contributed by atoms with E-state index in [9.17, 15) is 13.2 Å². The van der Waals surface area contributed by atoms with Crippen molar-refractivity contribution in [1.82, 2.24) is 14.9 Å². The second-order valence-electron chi connectivity index (χ2n) is 6.85. The van der Waals surface area contributed by atoms with Crippen molar-refractivity contribution in [3.63, 3.8) is 0 Å². The molecule has 9 heteroatoms. The fourth-order valence-electron chi connectivity index (χ4n) is 1.89. The summed E-state index contributed by atoms with van der Waals surface area (Å²) in [6.07, 6.45) is 4.10. The summed E-state index contributed by atoms with van der Waals surface area (Å²) in [7, 11) is -3.70. The van der Waals surface area contributed by atoms with Crippen molar-refractivity contribution in [3.05, 3.63) is 0 Å². The maximum absolute atomic E-state index is 12.3. The molecule has 0 aliphatic heterocycles. The van der Waals surface area contributed by atoms with Crippen LogP contribution in [0.1, 0.15) is 60.3 Å². The van der Waals surface area contributed by atoms with E-state index in [0.717, 1.165) is 37.0 Å². The molecule has 7 nitrogen and oxygen atoms in total. The van der Waals surface area contributed by atoms with Crippen molar-refractivity contribution in [1.29, 1.82) is 0 Å². The van der Waals surface area contributed by atoms with E-state index in [1.807, 2.05) is 0 Å². The van der Waals surface area contributed by atoms with Crippen LogP contribution >= 0.6 is 11.3 Å². The molecule has 0 radical (unpaired) electrons. The first kappa shape index (κ1) is 21.0. The van der Waals surface area contributed by atoms with E-state index in [2.05, 4.69) is 34.1 Å². The SMILES string of the molecule is CCCC[C@@H](CC)CNS(=O)(=O)c1nnc(NC(=O)C(C)(C)C)s1. The molecule has 0 bridgehead atoms. The molecule has 0 aliphatic rings. The molecule has 0 aromatic carbocycles. The molecule has 1 heterocycles. The summed E-state index contributed by atoms with van der Waals surface area (Å²) < 4.78 is 27.1. The molecule has 2 N–H and O–H groups in total. The molecular weight excluding hydrogens is 348 g/mol.